The van der Waals surface area contributed by atoms with Crippen molar-refractivity contribution in [3.63, 3.8) is 0 Å². The van der Waals surface area contributed by atoms with Crippen LogP contribution in [-0.2, 0) is 9.59 Å². The van der Waals surface area contributed by atoms with E-state index in [1.54, 1.807) is 6.92 Å². The first-order chi connectivity index (χ1) is 8.47. The third-order valence-electron chi connectivity index (χ3n) is 3.71. The Balaban J connectivity index is 1.86. The first-order valence-corrected chi connectivity index (χ1v) is 6.49. The molecule has 0 aliphatic heterocycles. The molecule has 0 heterocycles. The lowest BCUT2D eigenvalue weighted by Crippen LogP contribution is -2.54. The fraction of sp³-hybridized carbons (Fsp3) is 0.769. The molecule has 5 nitrogen and oxygen atoms in total. The van der Waals surface area contributed by atoms with Gasteiger partial charge in [0.05, 0.1) is 6.07 Å². The van der Waals surface area contributed by atoms with Gasteiger partial charge in [-0.25, -0.2) is 0 Å². The summed E-state index contributed by atoms with van der Waals surface area (Å²) in [5.41, 5.74) is -0.909. The summed E-state index contributed by atoms with van der Waals surface area (Å²) in [6.07, 6.45) is 3.22. The van der Waals surface area contributed by atoms with Gasteiger partial charge in [-0.05, 0) is 38.5 Å². The van der Waals surface area contributed by atoms with E-state index >= 15 is 0 Å². The number of carbonyl (C=O) groups excluding carboxylic acids is 2. The van der Waals surface area contributed by atoms with E-state index in [0.29, 0.717) is 18.8 Å². The third-order valence-corrected chi connectivity index (χ3v) is 3.71. The zero-order valence-electron chi connectivity index (χ0n) is 10.8. The van der Waals surface area contributed by atoms with Crippen LogP contribution in [0.15, 0.2) is 0 Å². The van der Waals surface area contributed by atoms with E-state index in [-0.39, 0.29) is 17.9 Å². The molecule has 1 unspecified atom stereocenters. The minimum Gasteiger partial charge on any atom is -0.352 e. The highest BCUT2D eigenvalue weighted by Gasteiger charge is 2.49. The normalized spacial score (nSPS) is 31.7. The third kappa shape index (κ3) is 2.47. The second-order valence-corrected chi connectivity index (χ2v) is 5.69. The fourth-order valence-corrected chi connectivity index (χ4v) is 2.41. The molecule has 98 valence electrons. The molecule has 0 aromatic carbocycles. The van der Waals surface area contributed by atoms with Crippen LogP contribution in [-0.4, -0.2) is 23.9 Å². The highest BCUT2D eigenvalue weighted by Crippen LogP contribution is 2.45. The predicted molar refractivity (Wildman–Crippen MR) is 65.2 cm³/mol. The minimum absolute atomic E-state index is 0.161. The van der Waals surface area contributed by atoms with Crippen molar-refractivity contribution in [2.24, 2.45) is 11.3 Å². The standard InChI is InChI=1S/C13H19N3O2/c1-8-5-13(6-8,7-14)12(18)15-9(2)11(17)16-10-3-4-10/h8-10H,3-6H2,1-2H3,(H,15,18)(H,16,17). The molecule has 0 aromatic heterocycles. The lowest BCUT2D eigenvalue weighted by atomic mass is 9.63. The smallest absolute Gasteiger partial charge is 0.242 e. The van der Waals surface area contributed by atoms with Crippen LogP contribution < -0.4 is 10.6 Å². The van der Waals surface area contributed by atoms with Gasteiger partial charge in [-0.3, -0.25) is 9.59 Å². The van der Waals surface area contributed by atoms with Gasteiger partial charge < -0.3 is 10.6 Å². The Morgan fingerprint density at radius 1 is 1.39 bits per heavy atom. The molecular formula is C13H19N3O2. The molecule has 0 aromatic rings. The Labute approximate surface area is 107 Å². The van der Waals surface area contributed by atoms with Gasteiger partial charge in [0.15, 0.2) is 0 Å². The van der Waals surface area contributed by atoms with Crippen molar-refractivity contribution < 1.29 is 9.59 Å². The van der Waals surface area contributed by atoms with Crippen LogP contribution in [0.4, 0.5) is 0 Å². The number of hydrogen-bond donors (Lipinski definition) is 2. The monoisotopic (exact) mass is 249 g/mol. The maximum Gasteiger partial charge on any atom is 0.242 e. The fourth-order valence-electron chi connectivity index (χ4n) is 2.41. The van der Waals surface area contributed by atoms with Crippen molar-refractivity contribution in [2.75, 3.05) is 0 Å². The summed E-state index contributed by atoms with van der Waals surface area (Å²) in [6.45, 7) is 3.68. The van der Waals surface area contributed by atoms with Crippen LogP contribution in [0.2, 0.25) is 0 Å². The molecule has 2 rings (SSSR count). The van der Waals surface area contributed by atoms with Crippen LogP contribution in [0.25, 0.3) is 0 Å². The Morgan fingerprint density at radius 3 is 2.44 bits per heavy atom. The van der Waals surface area contributed by atoms with Crippen molar-refractivity contribution in [3.05, 3.63) is 0 Å². The molecule has 1 atom stereocenters. The van der Waals surface area contributed by atoms with Gasteiger partial charge in [0.2, 0.25) is 11.8 Å². The molecular weight excluding hydrogens is 230 g/mol. The van der Waals surface area contributed by atoms with Gasteiger partial charge >= 0.3 is 0 Å². The summed E-state index contributed by atoms with van der Waals surface area (Å²) < 4.78 is 0. The number of nitrogens with zero attached hydrogens (tertiary/aromatic N) is 1. The summed E-state index contributed by atoms with van der Waals surface area (Å²) in [5, 5.41) is 14.6. The number of hydrogen-bond acceptors (Lipinski definition) is 3. The van der Waals surface area contributed by atoms with Crippen molar-refractivity contribution in [2.45, 2.75) is 51.6 Å². The Bertz CT molecular complexity index is 403. The van der Waals surface area contributed by atoms with Gasteiger partial charge in [0.25, 0.3) is 0 Å². The molecule has 0 saturated heterocycles. The summed E-state index contributed by atoms with van der Waals surface area (Å²) in [5.74, 6) is -0.0566. The topological polar surface area (TPSA) is 82.0 Å². The largest absolute Gasteiger partial charge is 0.352 e. The quantitative estimate of drug-likeness (QED) is 0.769. The van der Waals surface area contributed by atoms with Gasteiger partial charge in [-0.2, -0.15) is 5.26 Å². The molecule has 0 bridgehead atoms. The zero-order chi connectivity index (χ0) is 13.3. The molecule has 2 saturated carbocycles. The average Bonchev–Trinajstić information content (AvgIpc) is 3.07. The minimum atomic E-state index is -0.909. The second kappa shape index (κ2) is 4.60. The molecule has 0 spiro atoms. The van der Waals surface area contributed by atoms with Gasteiger partial charge in [-0.15, -0.1) is 0 Å². The van der Waals surface area contributed by atoms with Crippen molar-refractivity contribution >= 4 is 11.8 Å². The highest BCUT2D eigenvalue weighted by molar-refractivity contribution is 5.92. The summed E-state index contributed by atoms with van der Waals surface area (Å²) in [7, 11) is 0. The SMILES string of the molecule is CC1CC(C#N)(C(=O)NC(C)C(=O)NC2CC2)C1. The van der Waals surface area contributed by atoms with E-state index in [9.17, 15) is 9.59 Å². The maximum atomic E-state index is 12.0. The molecule has 2 aliphatic carbocycles. The van der Waals surface area contributed by atoms with Crippen molar-refractivity contribution in [3.8, 4) is 6.07 Å². The van der Waals surface area contributed by atoms with E-state index < -0.39 is 11.5 Å². The van der Waals surface area contributed by atoms with E-state index in [1.807, 2.05) is 6.92 Å². The molecule has 2 N–H and O–H groups in total. The Hall–Kier alpha value is -1.57. The van der Waals surface area contributed by atoms with E-state index in [2.05, 4.69) is 16.7 Å². The van der Waals surface area contributed by atoms with Crippen LogP contribution >= 0.6 is 0 Å². The summed E-state index contributed by atoms with van der Waals surface area (Å²) in [6, 6.07) is 1.81. The lowest BCUT2D eigenvalue weighted by molar-refractivity contribution is -0.137. The van der Waals surface area contributed by atoms with Crippen LogP contribution in [0, 0.1) is 22.7 Å². The number of nitriles is 1. The lowest BCUT2D eigenvalue weighted by Gasteiger charge is -2.39. The molecule has 18 heavy (non-hydrogen) atoms. The summed E-state index contributed by atoms with van der Waals surface area (Å²) in [4.78, 5) is 23.7. The molecule has 2 fully saturated rings. The Kier molecular flexibility index (Phi) is 3.29. The van der Waals surface area contributed by atoms with Crippen LogP contribution in [0.3, 0.4) is 0 Å². The number of nitrogens with one attached hydrogen (secondary N) is 2. The highest BCUT2D eigenvalue weighted by atomic mass is 16.2. The molecule has 5 heteroatoms. The second-order valence-electron chi connectivity index (χ2n) is 5.69. The van der Waals surface area contributed by atoms with E-state index in [0.717, 1.165) is 12.8 Å². The van der Waals surface area contributed by atoms with Crippen LogP contribution in [0.1, 0.15) is 39.5 Å². The van der Waals surface area contributed by atoms with Gasteiger partial charge in [0.1, 0.15) is 11.5 Å². The average molecular weight is 249 g/mol. The van der Waals surface area contributed by atoms with E-state index in [1.165, 1.54) is 0 Å². The summed E-state index contributed by atoms with van der Waals surface area (Å²) >= 11 is 0. The zero-order valence-corrected chi connectivity index (χ0v) is 10.8. The Morgan fingerprint density at radius 2 is 2.00 bits per heavy atom. The predicted octanol–water partition coefficient (Wildman–Crippen LogP) is 0.710. The number of rotatable bonds is 4. The van der Waals surface area contributed by atoms with Gasteiger partial charge in [-0.1, -0.05) is 6.92 Å². The number of carbonyl (C=O) groups is 2. The van der Waals surface area contributed by atoms with Crippen LogP contribution in [0.5, 0.6) is 0 Å². The van der Waals surface area contributed by atoms with Gasteiger partial charge in [0, 0.05) is 6.04 Å². The molecule has 0 radical (unpaired) electrons. The van der Waals surface area contributed by atoms with E-state index in [4.69, 9.17) is 5.26 Å². The van der Waals surface area contributed by atoms with Crippen molar-refractivity contribution in [1.29, 1.82) is 5.26 Å². The molecule has 2 aliphatic rings. The number of amides is 2. The molecule has 2 amide bonds. The first-order valence-electron chi connectivity index (χ1n) is 6.49. The van der Waals surface area contributed by atoms with Crippen molar-refractivity contribution in [1.82, 2.24) is 10.6 Å². The first kappa shape index (κ1) is 12.9. The maximum absolute atomic E-state index is 12.0.